The molecule has 84 valence electrons. The third kappa shape index (κ3) is 3.41. The zero-order valence-corrected chi connectivity index (χ0v) is 8.79. The van der Waals surface area contributed by atoms with Crippen LogP contribution < -0.4 is 0 Å². The van der Waals surface area contributed by atoms with Crippen molar-refractivity contribution in [3.05, 3.63) is 11.3 Å². The number of aliphatic hydroxyl groups is 1. The summed E-state index contributed by atoms with van der Waals surface area (Å²) in [7, 11) is 1.09. The van der Waals surface area contributed by atoms with Crippen molar-refractivity contribution >= 4 is 17.7 Å². The molecule has 0 aromatic carbocycles. The number of methoxy groups -OCH3 is 1. The molecule has 0 fully saturated rings. The smallest absolute Gasteiger partial charge is 0.357 e. The van der Waals surface area contributed by atoms with Gasteiger partial charge in [0.25, 0.3) is 0 Å². The lowest BCUT2D eigenvalue weighted by atomic mass is 10.1. The summed E-state index contributed by atoms with van der Waals surface area (Å²) in [6.07, 6.45) is 0. The van der Waals surface area contributed by atoms with Gasteiger partial charge in [-0.05, 0) is 13.8 Å². The Morgan fingerprint density at radius 1 is 1.33 bits per heavy atom. The number of hydrogen-bond donors (Lipinski definition) is 2. The lowest BCUT2D eigenvalue weighted by Gasteiger charge is -2.07. The van der Waals surface area contributed by atoms with Gasteiger partial charge in [0.1, 0.15) is 11.3 Å². The van der Waals surface area contributed by atoms with E-state index >= 15 is 0 Å². The van der Waals surface area contributed by atoms with Crippen LogP contribution >= 0.6 is 0 Å². The van der Waals surface area contributed by atoms with E-state index in [2.05, 4.69) is 9.47 Å². The maximum absolute atomic E-state index is 11.1. The van der Waals surface area contributed by atoms with E-state index in [-0.39, 0.29) is 6.61 Å². The van der Waals surface area contributed by atoms with Gasteiger partial charge in [-0.1, -0.05) is 0 Å². The third-order valence-corrected chi connectivity index (χ3v) is 1.48. The van der Waals surface area contributed by atoms with E-state index in [1.807, 2.05) is 0 Å². The molecule has 15 heavy (non-hydrogen) atoms. The molecule has 0 spiro atoms. The molecule has 0 aliphatic heterocycles. The monoisotopic (exact) mass is 215 g/mol. The first-order valence-electron chi connectivity index (χ1n) is 4.19. The molecule has 0 unspecified atom stereocenters. The first-order chi connectivity index (χ1) is 6.95. The van der Waals surface area contributed by atoms with Gasteiger partial charge in [0.05, 0.1) is 13.7 Å². The SMILES string of the molecule is CCOC(=O)C(=N)C(C(=O)OC)=C(C)O. The lowest BCUT2D eigenvalue weighted by molar-refractivity contribution is -0.138. The summed E-state index contributed by atoms with van der Waals surface area (Å²) in [4.78, 5) is 22.2. The minimum Gasteiger partial charge on any atom is -0.512 e. The standard InChI is InChI=1S/C9H13NO5/c1-4-15-9(13)7(10)6(5(2)11)8(12)14-3/h10-11H,4H2,1-3H3. The van der Waals surface area contributed by atoms with Gasteiger partial charge < -0.3 is 14.6 Å². The normalized spacial score (nSPS) is 11.4. The van der Waals surface area contributed by atoms with Crippen molar-refractivity contribution in [3.63, 3.8) is 0 Å². The molecule has 2 N–H and O–H groups in total. The molecule has 0 saturated heterocycles. The fraction of sp³-hybridized carbons (Fsp3) is 0.444. The van der Waals surface area contributed by atoms with Crippen LogP contribution in [0.4, 0.5) is 0 Å². The van der Waals surface area contributed by atoms with Gasteiger partial charge in [0, 0.05) is 0 Å². The zero-order valence-electron chi connectivity index (χ0n) is 8.79. The van der Waals surface area contributed by atoms with Gasteiger partial charge >= 0.3 is 11.9 Å². The number of allylic oxidation sites excluding steroid dienone is 1. The van der Waals surface area contributed by atoms with Gasteiger partial charge in [0.15, 0.2) is 5.71 Å². The highest BCUT2D eigenvalue weighted by Crippen LogP contribution is 2.06. The van der Waals surface area contributed by atoms with E-state index in [9.17, 15) is 9.59 Å². The summed E-state index contributed by atoms with van der Waals surface area (Å²) in [5.41, 5.74) is -1.21. The van der Waals surface area contributed by atoms with Gasteiger partial charge in [-0.25, -0.2) is 9.59 Å². The predicted molar refractivity (Wildman–Crippen MR) is 51.7 cm³/mol. The Balaban J connectivity index is 4.99. The first-order valence-corrected chi connectivity index (χ1v) is 4.19. The minimum absolute atomic E-state index is 0.0835. The van der Waals surface area contributed by atoms with Gasteiger partial charge in [-0.2, -0.15) is 0 Å². The van der Waals surface area contributed by atoms with Crippen LogP contribution in [0.1, 0.15) is 13.8 Å². The van der Waals surface area contributed by atoms with Crippen molar-refractivity contribution in [2.75, 3.05) is 13.7 Å². The van der Waals surface area contributed by atoms with Crippen molar-refractivity contribution in [1.82, 2.24) is 0 Å². The van der Waals surface area contributed by atoms with Crippen molar-refractivity contribution in [2.45, 2.75) is 13.8 Å². The molecule has 0 saturated carbocycles. The molecule has 0 aliphatic carbocycles. The molecular formula is C9H13NO5. The quantitative estimate of drug-likeness (QED) is 0.309. The van der Waals surface area contributed by atoms with Crippen molar-refractivity contribution < 1.29 is 24.2 Å². The van der Waals surface area contributed by atoms with Crippen LogP contribution in [0, 0.1) is 5.41 Å². The summed E-state index contributed by atoms with van der Waals surface area (Å²) in [5.74, 6) is -2.39. The Labute approximate surface area is 87.0 Å². The van der Waals surface area contributed by atoms with Crippen molar-refractivity contribution in [2.24, 2.45) is 0 Å². The molecule has 0 atom stereocenters. The second kappa shape index (κ2) is 5.79. The predicted octanol–water partition coefficient (Wildman–Crippen LogP) is 0.574. The molecule has 0 rings (SSSR count). The number of carbonyl (C=O) groups excluding carboxylic acids is 2. The number of ether oxygens (including phenoxy) is 2. The average Bonchev–Trinajstić information content (AvgIpc) is 2.17. The Morgan fingerprint density at radius 2 is 1.87 bits per heavy atom. The van der Waals surface area contributed by atoms with E-state index in [0.717, 1.165) is 7.11 Å². The molecular weight excluding hydrogens is 202 g/mol. The Hall–Kier alpha value is -1.85. The Morgan fingerprint density at radius 3 is 2.20 bits per heavy atom. The van der Waals surface area contributed by atoms with Gasteiger partial charge in [-0.15, -0.1) is 0 Å². The molecule has 0 aliphatic rings. The van der Waals surface area contributed by atoms with Crippen LogP contribution in [-0.2, 0) is 19.1 Å². The highest BCUT2D eigenvalue weighted by atomic mass is 16.5. The summed E-state index contributed by atoms with van der Waals surface area (Å²) in [6, 6.07) is 0. The van der Waals surface area contributed by atoms with Crippen molar-refractivity contribution in [1.29, 1.82) is 5.41 Å². The second-order valence-electron chi connectivity index (χ2n) is 2.55. The number of rotatable bonds is 4. The minimum atomic E-state index is -0.980. The van der Waals surface area contributed by atoms with E-state index in [1.54, 1.807) is 6.92 Å². The van der Waals surface area contributed by atoms with Crippen LogP contribution in [0.25, 0.3) is 0 Å². The third-order valence-electron chi connectivity index (χ3n) is 1.48. The van der Waals surface area contributed by atoms with E-state index < -0.39 is 29.0 Å². The molecule has 0 aromatic heterocycles. The van der Waals surface area contributed by atoms with Crippen LogP contribution in [0.3, 0.4) is 0 Å². The molecule has 6 nitrogen and oxygen atoms in total. The highest BCUT2D eigenvalue weighted by Gasteiger charge is 2.25. The summed E-state index contributed by atoms with van der Waals surface area (Å²) < 4.78 is 8.83. The highest BCUT2D eigenvalue weighted by molar-refractivity contribution is 6.48. The summed E-state index contributed by atoms with van der Waals surface area (Å²) in [6.45, 7) is 2.83. The van der Waals surface area contributed by atoms with Gasteiger partial charge in [-0.3, -0.25) is 5.41 Å². The second-order valence-corrected chi connectivity index (χ2v) is 2.55. The molecule has 0 bridgehead atoms. The lowest BCUT2D eigenvalue weighted by Crippen LogP contribution is -2.25. The number of aliphatic hydroxyl groups excluding tert-OH is 1. The van der Waals surface area contributed by atoms with Crippen molar-refractivity contribution in [3.8, 4) is 0 Å². The van der Waals surface area contributed by atoms with Crippen LogP contribution in [-0.4, -0.2) is 36.5 Å². The maximum atomic E-state index is 11.1. The van der Waals surface area contributed by atoms with Crippen LogP contribution in [0.15, 0.2) is 11.3 Å². The number of carbonyl (C=O) groups is 2. The van der Waals surface area contributed by atoms with E-state index in [4.69, 9.17) is 10.5 Å². The van der Waals surface area contributed by atoms with E-state index in [0.29, 0.717) is 0 Å². The summed E-state index contributed by atoms with van der Waals surface area (Å²) in [5, 5.41) is 16.5. The average molecular weight is 215 g/mol. The molecule has 0 amide bonds. The molecule has 0 radical (unpaired) electrons. The fourth-order valence-electron chi connectivity index (χ4n) is 0.838. The Bertz CT molecular complexity index is 314. The number of nitrogens with one attached hydrogen (secondary N) is 1. The van der Waals surface area contributed by atoms with Gasteiger partial charge in [0.2, 0.25) is 0 Å². The largest absolute Gasteiger partial charge is 0.512 e. The molecule has 0 heterocycles. The van der Waals surface area contributed by atoms with Crippen LogP contribution in [0.5, 0.6) is 0 Å². The van der Waals surface area contributed by atoms with E-state index in [1.165, 1.54) is 6.92 Å². The molecule has 6 heteroatoms. The topological polar surface area (TPSA) is 96.7 Å². The maximum Gasteiger partial charge on any atom is 0.357 e. The first kappa shape index (κ1) is 13.2. The number of esters is 2. The molecule has 0 aromatic rings. The zero-order chi connectivity index (χ0) is 12.0. The van der Waals surface area contributed by atoms with Crippen LogP contribution in [0.2, 0.25) is 0 Å². The summed E-state index contributed by atoms with van der Waals surface area (Å²) >= 11 is 0. The fourth-order valence-corrected chi connectivity index (χ4v) is 0.838. The number of hydrogen-bond acceptors (Lipinski definition) is 6. The Kier molecular flexibility index (Phi) is 5.08.